The van der Waals surface area contributed by atoms with Gasteiger partial charge in [-0.1, -0.05) is 59.7 Å². The molecule has 256 valence electrons. The average molecular weight is 749 g/mol. The first-order valence-corrected chi connectivity index (χ1v) is 24.7. The molecule has 0 spiro atoms. The van der Waals surface area contributed by atoms with Crippen LogP contribution < -0.4 is 24.7 Å². The van der Waals surface area contributed by atoms with Gasteiger partial charge in [0.15, 0.2) is 0 Å². The molecule has 7 aromatic rings. The second kappa shape index (κ2) is 12.4. The van der Waals surface area contributed by atoms with E-state index in [2.05, 4.69) is 51.4 Å². The first-order chi connectivity index (χ1) is 28.8. The van der Waals surface area contributed by atoms with Crippen LogP contribution in [0.2, 0.25) is 17.3 Å². The number of aromatic nitrogens is 2. The molecule has 9 rings (SSSR count). The van der Waals surface area contributed by atoms with Gasteiger partial charge in [-0.05, 0) is 31.7 Å². The Morgan fingerprint density at radius 3 is 2.31 bits per heavy atom. The van der Waals surface area contributed by atoms with Crippen LogP contribution in [0.25, 0.3) is 33.3 Å². The van der Waals surface area contributed by atoms with Crippen LogP contribution >= 0.6 is 0 Å². The summed E-state index contributed by atoms with van der Waals surface area (Å²) in [5.41, 5.74) is 3.62. The fraction of sp³-hybridized carbons (Fsp3) is 0.159. The topological polar surface area (TPSA) is 45.6 Å². The normalized spacial score (nSPS) is 18.8. The summed E-state index contributed by atoms with van der Waals surface area (Å²) >= 11 is -2.21. The van der Waals surface area contributed by atoms with Crippen molar-refractivity contribution in [3.63, 3.8) is 0 Å². The zero-order valence-electron chi connectivity index (χ0n) is 38.1. The van der Waals surface area contributed by atoms with Gasteiger partial charge in [-0.3, -0.25) is 0 Å². The predicted octanol–water partition coefficient (Wildman–Crippen LogP) is 8.88. The molecule has 0 fully saturated rings. The molecule has 0 bridgehead atoms. The van der Waals surface area contributed by atoms with E-state index in [4.69, 9.17) is 22.1 Å². The molecule has 52 heavy (non-hydrogen) atoms. The monoisotopic (exact) mass is 750 g/mol. The van der Waals surface area contributed by atoms with Crippen molar-refractivity contribution in [2.75, 3.05) is 11.8 Å². The molecule has 0 aliphatic carbocycles. The molecule has 4 heterocycles. The molecule has 0 saturated carbocycles. The summed E-state index contributed by atoms with van der Waals surface area (Å²) in [6.07, 6.45) is 2.88. The molecule has 1 unspecified atom stereocenters. The number of ether oxygens (including phenoxy) is 1. The number of hydrogen-bond donors (Lipinski definition) is 1. The van der Waals surface area contributed by atoms with E-state index in [1.807, 2.05) is 66.9 Å². The Labute approximate surface area is 321 Å². The minimum atomic E-state index is -2.86. The zero-order valence-corrected chi connectivity index (χ0v) is 31.2. The molecular formula is C44H42BGeN5O. The van der Waals surface area contributed by atoms with Crippen LogP contribution in [0.1, 0.15) is 40.8 Å². The van der Waals surface area contributed by atoms with E-state index in [0.717, 1.165) is 38.0 Å². The number of hydrogen-bond acceptors (Lipinski definition) is 5. The molecule has 1 N–H and O–H groups in total. The van der Waals surface area contributed by atoms with E-state index in [1.165, 1.54) is 22.6 Å². The van der Waals surface area contributed by atoms with Crippen molar-refractivity contribution in [1.82, 2.24) is 19.7 Å². The quantitative estimate of drug-likeness (QED) is 0.172. The Morgan fingerprint density at radius 2 is 1.52 bits per heavy atom. The molecular weight excluding hydrogens is 698 g/mol. The van der Waals surface area contributed by atoms with E-state index >= 15 is 0 Å². The molecule has 8 heteroatoms. The average Bonchev–Trinajstić information content (AvgIpc) is 3.79. The van der Waals surface area contributed by atoms with E-state index in [9.17, 15) is 0 Å². The first kappa shape index (κ1) is 24.0. The van der Waals surface area contributed by atoms with Gasteiger partial charge < -0.3 is 14.9 Å². The van der Waals surface area contributed by atoms with Crippen LogP contribution in [0.15, 0.2) is 134 Å². The van der Waals surface area contributed by atoms with Crippen molar-refractivity contribution in [2.24, 2.45) is 0 Å². The van der Waals surface area contributed by atoms with Gasteiger partial charge in [0.05, 0.1) is 5.70 Å². The molecule has 0 amide bonds. The minimum Gasteiger partial charge on any atom is -0.394 e. The van der Waals surface area contributed by atoms with Crippen LogP contribution in [0.3, 0.4) is 0 Å². The Bertz CT molecular complexity index is 2840. The minimum absolute atomic E-state index is 0.101. The zero-order chi connectivity index (χ0) is 43.2. The second-order valence-electron chi connectivity index (χ2n) is 14.4. The van der Waals surface area contributed by atoms with Crippen LogP contribution in [0, 0.1) is 13.7 Å². The van der Waals surface area contributed by atoms with Crippen LogP contribution in [-0.4, -0.2) is 41.6 Å². The van der Waals surface area contributed by atoms with Gasteiger partial charge in [-0.2, -0.15) is 0 Å². The van der Waals surface area contributed by atoms with Crippen LogP contribution in [-0.2, 0) is 0 Å². The Balaban J connectivity index is 1.20. The Kier molecular flexibility index (Phi) is 5.70. The maximum absolute atomic E-state index is 8.92. The summed E-state index contributed by atoms with van der Waals surface area (Å²) in [5, 5.41) is 5.68. The van der Waals surface area contributed by atoms with Gasteiger partial charge in [-0.25, -0.2) is 0 Å². The number of benzene rings is 5. The number of fused-ring (bicyclic) bond motifs is 6. The third kappa shape index (κ3) is 5.37. The number of nitrogens with one attached hydrogen (secondary N) is 1. The van der Waals surface area contributed by atoms with E-state index < -0.39 is 47.1 Å². The van der Waals surface area contributed by atoms with Gasteiger partial charge in [0.2, 0.25) is 0 Å². The van der Waals surface area contributed by atoms with Gasteiger partial charge in [0.25, 0.3) is 0 Å². The molecule has 6 nitrogen and oxygen atoms in total. The molecule has 2 aliphatic rings. The summed E-state index contributed by atoms with van der Waals surface area (Å²) in [6.45, 7) is -9.74. The van der Waals surface area contributed by atoms with Crippen molar-refractivity contribution < 1.29 is 17.1 Å². The van der Waals surface area contributed by atoms with Crippen molar-refractivity contribution in [3.8, 4) is 17.3 Å². The first-order valence-electron chi connectivity index (χ1n) is 21.9. The molecule has 2 aromatic heterocycles. The van der Waals surface area contributed by atoms with Crippen molar-refractivity contribution in [2.45, 2.75) is 37.1 Å². The van der Waals surface area contributed by atoms with E-state index in [-0.39, 0.29) is 22.3 Å². The van der Waals surface area contributed by atoms with Crippen LogP contribution in [0.5, 0.6) is 11.5 Å². The van der Waals surface area contributed by atoms with E-state index in [0.29, 0.717) is 22.8 Å². The van der Waals surface area contributed by atoms with Gasteiger partial charge in [-0.15, -0.1) is 0 Å². The fourth-order valence-corrected chi connectivity index (χ4v) is 9.92. The van der Waals surface area contributed by atoms with Crippen molar-refractivity contribution in [1.29, 1.82) is 0 Å². The molecule has 0 radical (unpaired) electrons. The van der Waals surface area contributed by atoms with E-state index in [1.54, 1.807) is 29.2 Å². The summed E-state index contributed by atoms with van der Waals surface area (Å²) in [7, 11) is 0. The number of anilines is 1. The third-order valence-electron chi connectivity index (χ3n) is 10.1. The molecule has 0 saturated heterocycles. The summed E-state index contributed by atoms with van der Waals surface area (Å²) < 4.78 is 87.9. The van der Waals surface area contributed by atoms with Crippen molar-refractivity contribution in [3.05, 3.63) is 156 Å². The number of nitrogens with zero attached hydrogens (tertiary/aromatic N) is 4. The number of pyridine rings is 1. The third-order valence-corrected chi connectivity index (χ3v) is 14.4. The molecule has 1 atom stereocenters. The SMILES string of the molecule is [2H]C([2H])([2H])c1cccc(C([2H])([2H])[2H])c1B1N2C=C(c3ccccc3)NC2c2cc(Oc3ccc4c5ccccc5n(-c5c[c]([Ge]([CH3])([CH3])[CH3])ccn5)c4c3)ccc2N1C([2H])([2H])[2H]. The number of rotatable bonds is 6. The Hall–Kier alpha value is -5.40. The fourth-order valence-electron chi connectivity index (χ4n) is 7.53. The summed E-state index contributed by atoms with van der Waals surface area (Å²) in [5.74, 6) is 8.89. The predicted molar refractivity (Wildman–Crippen MR) is 220 cm³/mol. The molecule has 5 aromatic carbocycles. The smallest absolute Gasteiger partial charge is 0.394 e. The maximum atomic E-state index is 8.92. The van der Waals surface area contributed by atoms with Crippen LogP contribution in [0.4, 0.5) is 5.69 Å². The summed E-state index contributed by atoms with van der Waals surface area (Å²) in [6, 6.07) is 37.2. The molecule has 2 aliphatic heterocycles. The number of para-hydroxylation sites is 1. The Morgan fingerprint density at radius 1 is 0.769 bits per heavy atom. The van der Waals surface area contributed by atoms with Gasteiger partial charge >= 0.3 is 192 Å². The second-order valence-corrected chi connectivity index (χ2v) is 25.1. The standard InChI is InChI=1S/C44H42BGeN5O/c1-29-13-12-14-30(2)43(29)45-49(6)39-22-20-33(26-37(39)44-48-38(28-50(44)45)31-15-8-7-9-16-31)52-34-19-21-36-35-17-10-11-18-40(35)51(41(36)27-34)42-25-32(23-24-47-42)46(3,4)5/h7-28,44,48H,1-6H3/i1D3,2D3,6D3. The van der Waals surface area contributed by atoms with Gasteiger partial charge in [0.1, 0.15) is 0 Å². The number of aryl methyl sites for hydroxylation is 2. The van der Waals surface area contributed by atoms with Gasteiger partial charge in [0, 0.05) is 18.5 Å². The van der Waals surface area contributed by atoms with Crippen molar-refractivity contribution >= 4 is 63.3 Å². The summed E-state index contributed by atoms with van der Waals surface area (Å²) in [4.78, 5) is 7.70.